The Morgan fingerprint density at radius 1 is 1.35 bits per heavy atom. The van der Waals surface area contributed by atoms with Gasteiger partial charge < -0.3 is 15.2 Å². The van der Waals surface area contributed by atoms with Gasteiger partial charge in [0.25, 0.3) is 0 Å². The third kappa shape index (κ3) is 2.07. The van der Waals surface area contributed by atoms with E-state index in [0.717, 1.165) is 6.42 Å². The van der Waals surface area contributed by atoms with Crippen molar-refractivity contribution >= 4 is 11.9 Å². The number of fused-ring (bicyclic) bond motifs is 2. The van der Waals surface area contributed by atoms with Crippen molar-refractivity contribution in [2.24, 2.45) is 11.8 Å². The number of amides is 1. The minimum atomic E-state index is -0.967. The molecule has 5 unspecified atom stereocenters. The van der Waals surface area contributed by atoms with Crippen LogP contribution in [0.3, 0.4) is 0 Å². The zero-order valence-electron chi connectivity index (χ0n) is 9.92. The van der Waals surface area contributed by atoms with Gasteiger partial charge in [-0.15, -0.1) is 0 Å². The van der Waals surface area contributed by atoms with Crippen LogP contribution in [0.25, 0.3) is 0 Å². The van der Waals surface area contributed by atoms with Crippen molar-refractivity contribution in [3.05, 3.63) is 12.2 Å². The highest BCUT2D eigenvalue weighted by Gasteiger charge is 2.53. The molecule has 2 aliphatic rings. The van der Waals surface area contributed by atoms with Crippen LogP contribution in [-0.4, -0.2) is 35.2 Å². The second-order valence-electron chi connectivity index (χ2n) is 4.66. The average molecular weight is 239 g/mol. The van der Waals surface area contributed by atoms with Crippen LogP contribution in [0, 0.1) is 11.8 Å². The maximum absolute atomic E-state index is 12.0. The molecule has 5 heteroatoms. The first-order valence-corrected chi connectivity index (χ1v) is 5.91. The van der Waals surface area contributed by atoms with Crippen molar-refractivity contribution in [2.45, 2.75) is 38.5 Å². The fraction of sp³-hybridized carbons (Fsp3) is 0.667. The predicted octanol–water partition coefficient (Wildman–Crippen LogP) is 0.555. The van der Waals surface area contributed by atoms with Gasteiger partial charge >= 0.3 is 5.97 Å². The zero-order valence-corrected chi connectivity index (χ0v) is 9.92. The first-order valence-electron chi connectivity index (χ1n) is 5.91. The summed E-state index contributed by atoms with van der Waals surface area (Å²) >= 11 is 0. The van der Waals surface area contributed by atoms with Gasteiger partial charge in [0.1, 0.15) is 5.92 Å². The molecule has 1 fully saturated rings. The second-order valence-corrected chi connectivity index (χ2v) is 4.66. The summed E-state index contributed by atoms with van der Waals surface area (Å²) in [4.78, 5) is 23.2. The summed E-state index contributed by atoms with van der Waals surface area (Å²) in [5.41, 5.74) is 0. The predicted molar refractivity (Wildman–Crippen MR) is 60.3 cm³/mol. The number of carboxylic acid groups (broad SMARTS) is 1. The maximum atomic E-state index is 12.0. The molecule has 0 spiro atoms. The van der Waals surface area contributed by atoms with E-state index in [0.29, 0.717) is 0 Å². The third-order valence-corrected chi connectivity index (χ3v) is 3.49. The normalized spacial score (nSPS) is 35.9. The standard InChI is InChI=1S/C12H17NO4/c1-3-6(2)13-11(14)9-7-4-5-8(17-7)10(9)12(15)16/h4-10H,3H2,1-2H3,(H,13,14)(H,15,16). The van der Waals surface area contributed by atoms with Crippen LogP contribution in [0.1, 0.15) is 20.3 Å². The third-order valence-electron chi connectivity index (χ3n) is 3.49. The molecule has 94 valence electrons. The van der Waals surface area contributed by atoms with E-state index >= 15 is 0 Å². The molecule has 2 aliphatic heterocycles. The lowest BCUT2D eigenvalue weighted by molar-refractivity contribution is -0.146. The molecular weight excluding hydrogens is 222 g/mol. The number of hydrogen-bond donors (Lipinski definition) is 2. The van der Waals surface area contributed by atoms with Crippen molar-refractivity contribution in [2.75, 3.05) is 0 Å². The second kappa shape index (κ2) is 4.49. The summed E-state index contributed by atoms with van der Waals surface area (Å²) in [6.07, 6.45) is 3.50. The Labute approximate surface area is 99.8 Å². The summed E-state index contributed by atoms with van der Waals surface area (Å²) in [5.74, 6) is -2.54. The lowest BCUT2D eigenvalue weighted by Crippen LogP contribution is -2.45. The number of hydrogen-bond acceptors (Lipinski definition) is 3. The molecule has 0 aliphatic carbocycles. The van der Waals surface area contributed by atoms with Gasteiger partial charge in [0.15, 0.2) is 0 Å². The van der Waals surface area contributed by atoms with Gasteiger partial charge in [-0.1, -0.05) is 19.1 Å². The average Bonchev–Trinajstić information content (AvgIpc) is 2.87. The number of carbonyl (C=O) groups excluding carboxylic acids is 1. The van der Waals surface area contributed by atoms with E-state index in [-0.39, 0.29) is 18.1 Å². The minimum absolute atomic E-state index is 0.0556. The van der Waals surface area contributed by atoms with Gasteiger partial charge in [-0.05, 0) is 13.3 Å². The summed E-state index contributed by atoms with van der Waals surface area (Å²) in [6.45, 7) is 3.87. The Morgan fingerprint density at radius 3 is 2.47 bits per heavy atom. The first kappa shape index (κ1) is 12.1. The van der Waals surface area contributed by atoms with Gasteiger partial charge in [0, 0.05) is 6.04 Å². The molecule has 2 heterocycles. The molecule has 5 atom stereocenters. The fourth-order valence-corrected chi connectivity index (χ4v) is 2.36. The summed E-state index contributed by atoms with van der Waals surface area (Å²) in [6, 6.07) is 0.0556. The summed E-state index contributed by atoms with van der Waals surface area (Å²) < 4.78 is 5.44. The van der Waals surface area contributed by atoms with E-state index in [2.05, 4.69) is 5.32 Å². The van der Waals surface area contributed by atoms with E-state index in [1.165, 1.54) is 0 Å². The van der Waals surface area contributed by atoms with Gasteiger partial charge in [0.05, 0.1) is 18.1 Å². The van der Waals surface area contributed by atoms with Crippen LogP contribution in [-0.2, 0) is 14.3 Å². The van der Waals surface area contributed by atoms with E-state index in [1.807, 2.05) is 13.8 Å². The van der Waals surface area contributed by atoms with Crippen molar-refractivity contribution in [3.8, 4) is 0 Å². The number of carboxylic acids is 1. The molecule has 2 bridgehead atoms. The minimum Gasteiger partial charge on any atom is -0.481 e. The summed E-state index contributed by atoms with van der Waals surface area (Å²) in [7, 11) is 0. The highest BCUT2D eigenvalue weighted by atomic mass is 16.5. The van der Waals surface area contributed by atoms with E-state index in [4.69, 9.17) is 9.84 Å². The molecule has 2 N–H and O–H groups in total. The molecule has 1 amide bonds. The van der Waals surface area contributed by atoms with Crippen LogP contribution in [0.4, 0.5) is 0 Å². The Morgan fingerprint density at radius 2 is 1.94 bits per heavy atom. The van der Waals surface area contributed by atoms with Gasteiger partial charge in [-0.3, -0.25) is 9.59 Å². The van der Waals surface area contributed by atoms with Gasteiger partial charge in [0.2, 0.25) is 5.91 Å². The molecule has 0 aromatic rings. The molecule has 17 heavy (non-hydrogen) atoms. The molecule has 2 rings (SSSR count). The number of ether oxygens (including phenoxy) is 1. The largest absolute Gasteiger partial charge is 0.481 e. The highest BCUT2D eigenvalue weighted by Crippen LogP contribution is 2.39. The van der Waals surface area contributed by atoms with Crippen molar-refractivity contribution in [3.63, 3.8) is 0 Å². The number of carbonyl (C=O) groups is 2. The Kier molecular flexibility index (Phi) is 3.19. The fourth-order valence-electron chi connectivity index (χ4n) is 2.36. The van der Waals surface area contributed by atoms with Gasteiger partial charge in [-0.25, -0.2) is 0 Å². The van der Waals surface area contributed by atoms with Crippen molar-refractivity contribution in [1.82, 2.24) is 5.32 Å². The molecule has 5 nitrogen and oxygen atoms in total. The Balaban J connectivity index is 2.11. The molecule has 0 aromatic carbocycles. The molecule has 0 aromatic heterocycles. The van der Waals surface area contributed by atoms with Crippen molar-refractivity contribution in [1.29, 1.82) is 0 Å². The Hall–Kier alpha value is -1.36. The SMILES string of the molecule is CCC(C)NC(=O)C1C2C=CC(O2)C1C(=O)O. The van der Waals surface area contributed by atoms with Crippen molar-refractivity contribution < 1.29 is 19.4 Å². The maximum Gasteiger partial charge on any atom is 0.310 e. The van der Waals surface area contributed by atoms with Crippen LogP contribution in [0.5, 0.6) is 0 Å². The highest BCUT2D eigenvalue weighted by molar-refractivity contribution is 5.87. The smallest absolute Gasteiger partial charge is 0.310 e. The summed E-state index contributed by atoms with van der Waals surface area (Å²) in [5, 5.41) is 12.0. The zero-order chi connectivity index (χ0) is 12.6. The van der Waals surface area contributed by atoms with E-state index < -0.39 is 23.9 Å². The molecule has 0 saturated carbocycles. The topological polar surface area (TPSA) is 75.6 Å². The number of aliphatic carboxylic acids is 1. The van der Waals surface area contributed by atoms with E-state index in [1.54, 1.807) is 12.2 Å². The molecule has 0 radical (unpaired) electrons. The number of rotatable bonds is 4. The van der Waals surface area contributed by atoms with Crippen LogP contribution >= 0.6 is 0 Å². The van der Waals surface area contributed by atoms with E-state index in [9.17, 15) is 9.59 Å². The molecular formula is C12H17NO4. The molecule has 1 saturated heterocycles. The lowest BCUT2D eigenvalue weighted by atomic mass is 9.82. The quantitative estimate of drug-likeness (QED) is 0.703. The number of nitrogens with one attached hydrogen (secondary N) is 1. The van der Waals surface area contributed by atoms with Crippen LogP contribution in [0.2, 0.25) is 0 Å². The monoisotopic (exact) mass is 239 g/mol. The Bertz CT molecular complexity index is 366. The van der Waals surface area contributed by atoms with Crippen LogP contribution in [0.15, 0.2) is 12.2 Å². The lowest BCUT2D eigenvalue weighted by Gasteiger charge is -2.22. The van der Waals surface area contributed by atoms with Gasteiger partial charge in [-0.2, -0.15) is 0 Å². The van der Waals surface area contributed by atoms with Crippen LogP contribution < -0.4 is 5.32 Å². The first-order chi connectivity index (χ1) is 8.04.